The number of carbonyl (C=O) groups excluding carboxylic acids is 1. The smallest absolute Gasteiger partial charge is 0.247 e. The molecule has 4 nitrogen and oxygen atoms in total. The summed E-state index contributed by atoms with van der Waals surface area (Å²) in [4.78, 5) is 11.7. The lowest BCUT2D eigenvalue weighted by molar-refractivity contribution is -0.111. The van der Waals surface area contributed by atoms with E-state index in [1.54, 1.807) is 30.3 Å². The summed E-state index contributed by atoms with van der Waals surface area (Å²) in [5.74, 6) is -0.341. The van der Waals surface area contributed by atoms with Crippen LogP contribution in [0.2, 0.25) is 0 Å². The Kier molecular flexibility index (Phi) is 4.78. The molecule has 1 amide bonds. The maximum absolute atomic E-state index is 12.6. The average molecular weight is 315 g/mol. The Morgan fingerprint density at radius 3 is 2.41 bits per heavy atom. The van der Waals surface area contributed by atoms with Gasteiger partial charge < -0.3 is 5.32 Å². The topological polar surface area (TPSA) is 63.2 Å². The van der Waals surface area contributed by atoms with Gasteiger partial charge in [-0.05, 0) is 54.5 Å². The summed E-state index contributed by atoms with van der Waals surface area (Å²) in [6.07, 6.45) is 1.93. The summed E-state index contributed by atoms with van der Waals surface area (Å²) in [7, 11) is -3.56. The van der Waals surface area contributed by atoms with Gasteiger partial charge in [0, 0.05) is 5.69 Å². The second-order valence-corrected chi connectivity index (χ2v) is 6.67. The fourth-order valence-corrected chi connectivity index (χ4v) is 3.31. The second-order valence-electron chi connectivity index (χ2n) is 4.72. The first-order valence-electron chi connectivity index (χ1n) is 6.85. The van der Waals surface area contributed by atoms with Gasteiger partial charge in [-0.2, -0.15) is 0 Å². The van der Waals surface area contributed by atoms with Gasteiger partial charge in [-0.25, -0.2) is 8.42 Å². The fourth-order valence-electron chi connectivity index (χ4n) is 1.98. The Morgan fingerprint density at radius 2 is 1.82 bits per heavy atom. The molecule has 114 valence electrons. The van der Waals surface area contributed by atoms with Crippen molar-refractivity contribution in [2.75, 3.05) is 5.32 Å². The Bertz CT molecular complexity index is 793. The lowest BCUT2D eigenvalue weighted by atomic mass is 10.2. The molecule has 5 heteroatoms. The van der Waals surface area contributed by atoms with E-state index in [0.29, 0.717) is 5.69 Å². The SMILES string of the molecule is C=CC(=O)Nc1ccc(S(=O)(=O)c2cccc(CC)c2)cc1. The van der Waals surface area contributed by atoms with Gasteiger partial charge >= 0.3 is 0 Å². The molecular weight excluding hydrogens is 298 g/mol. The van der Waals surface area contributed by atoms with E-state index < -0.39 is 9.84 Å². The Hall–Kier alpha value is -2.40. The van der Waals surface area contributed by atoms with Crippen molar-refractivity contribution in [3.63, 3.8) is 0 Å². The van der Waals surface area contributed by atoms with E-state index in [-0.39, 0.29) is 15.7 Å². The first kappa shape index (κ1) is 16.0. The third-order valence-corrected chi connectivity index (χ3v) is 5.00. The van der Waals surface area contributed by atoms with Gasteiger partial charge in [0.05, 0.1) is 9.79 Å². The van der Waals surface area contributed by atoms with E-state index in [2.05, 4.69) is 11.9 Å². The van der Waals surface area contributed by atoms with Gasteiger partial charge in [-0.3, -0.25) is 4.79 Å². The van der Waals surface area contributed by atoms with Crippen LogP contribution in [0.1, 0.15) is 12.5 Å². The molecule has 0 bridgehead atoms. The molecule has 0 saturated carbocycles. The molecule has 0 radical (unpaired) electrons. The number of hydrogen-bond donors (Lipinski definition) is 1. The van der Waals surface area contributed by atoms with Crippen LogP contribution in [-0.2, 0) is 21.1 Å². The number of nitrogens with one attached hydrogen (secondary N) is 1. The summed E-state index contributed by atoms with van der Waals surface area (Å²) in [5, 5.41) is 2.58. The average Bonchev–Trinajstić information content (AvgIpc) is 2.55. The van der Waals surface area contributed by atoms with Gasteiger partial charge in [-0.15, -0.1) is 0 Å². The largest absolute Gasteiger partial charge is 0.323 e. The lowest BCUT2D eigenvalue weighted by Crippen LogP contribution is -2.08. The zero-order chi connectivity index (χ0) is 16.2. The standard InChI is InChI=1S/C17H17NO3S/c1-3-13-6-5-7-16(12-13)22(20,21)15-10-8-14(9-11-15)18-17(19)4-2/h4-12H,2-3H2,1H3,(H,18,19). The van der Waals surface area contributed by atoms with Crippen molar-refractivity contribution in [2.45, 2.75) is 23.1 Å². The third kappa shape index (κ3) is 3.43. The Morgan fingerprint density at radius 1 is 1.14 bits per heavy atom. The van der Waals surface area contributed by atoms with Crippen molar-refractivity contribution in [3.8, 4) is 0 Å². The van der Waals surface area contributed by atoms with Crippen molar-refractivity contribution >= 4 is 21.4 Å². The number of amides is 1. The van der Waals surface area contributed by atoms with Gasteiger partial charge in [0.15, 0.2) is 0 Å². The zero-order valence-electron chi connectivity index (χ0n) is 12.2. The van der Waals surface area contributed by atoms with Gasteiger partial charge in [0.2, 0.25) is 15.7 Å². The van der Waals surface area contributed by atoms with Crippen LogP contribution in [0.3, 0.4) is 0 Å². The number of rotatable bonds is 5. The van der Waals surface area contributed by atoms with E-state index in [1.165, 1.54) is 12.1 Å². The number of benzene rings is 2. The summed E-state index contributed by atoms with van der Waals surface area (Å²) in [6.45, 7) is 5.34. The van der Waals surface area contributed by atoms with Crippen molar-refractivity contribution in [1.82, 2.24) is 0 Å². The highest BCUT2D eigenvalue weighted by atomic mass is 32.2. The molecular formula is C17H17NO3S. The van der Waals surface area contributed by atoms with E-state index in [0.717, 1.165) is 18.1 Å². The zero-order valence-corrected chi connectivity index (χ0v) is 13.1. The van der Waals surface area contributed by atoms with E-state index in [9.17, 15) is 13.2 Å². The molecule has 2 rings (SSSR count). The van der Waals surface area contributed by atoms with Gasteiger partial charge in [0.1, 0.15) is 0 Å². The Labute approximate surface area is 130 Å². The first-order chi connectivity index (χ1) is 10.5. The van der Waals surface area contributed by atoms with E-state index >= 15 is 0 Å². The molecule has 2 aromatic rings. The number of aryl methyl sites for hydroxylation is 1. The minimum Gasteiger partial charge on any atom is -0.323 e. The maximum Gasteiger partial charge on any atom is 0.247 e. The normalized spacial score (nSPS) is 11.0. The summed E-state index contributed by atoms with van der Waals surface area (Å²) >= 11 is 0. The van der Waals surface area contributed by atoms with Crippen molar-refractivity contribution in [1.29, 1.82) is 0 Å². The molecule has 1 N–H and O–H groups in total. The molecule has 0 unspecified atom stereocenters. The molecule has 0 aromatic heterocycles. The maximum atomic E-state index is 12.6. The molecule has 2 aromatic carbocycles. The van der Waals surface area contributed by atoms with Gasteiger partial charge in [-0.1, -0.05) is 25.6 Å². The minimum absolute atomic E-state index is 0.192. The number of hydrogen-bond acceptors (Lipinski definition) is 3. The molecule has 0 aliphatic carbocycles. The highest BCUT2D eigenvalue weighted by Crippen LogP contribution is 2.23. The number of sulfone groups is 1. The first-order valence-corrected chi connectivity index (χ1v) is 8.33. The van der Waals surface area contributed by atoms with Gasteiger partial charge in [0.25, 0.3) is 0 Å². The summed E-state index contributed by atoms with van der Waals surface area (Å²) in [6, 6.07) is 13.0. The molecule has 0 aliphatic rings. The van der Waals surface area contributed by atoms with Crippen molar-refractivity contribution in [2.24, 2.45) is 0 Å². The van der Waals surface area contributed by atoms with E-state index in [4.69, 9.17) is 0 Å². The monoisotopic (exact) mass is 315 g/mol. The van der Waals surface area contributed by atoms with Crippen molar-refractivity contribution < 1.29 is 13.2 Å². The van der Waals surface area contributed by atoms with Crippen LogP contribution >= 0.6 is 0 Å². The third-order valence-electron chi connectivity index (χ3n) is 3.23. The van der Waals surface area contributed by atoms with Crippen LogP contribution in [0.4, 0.5) is 5.69 Å². The second kappa shape index (κ2) is 6.58. The predicted molar refractivity (Wildman–Crippen MR) is 86.5 cm³/mol. The summed E-state index contributed by atoms with van der Waals surface area (Å²) in [5.41, 5.74) is 1.49. The Balaban J connectivity index is 2.33. The molecule has 0 fully saturated rings. The van der Waals surface area contributed by atoms with Crippen LogP contribution in [-0.4, -0.2) is 14.3 Å². The molecule has 0 heterocycles. The molecule has 0 spiro atoms. The fraction of sp³-hybridized carbons (Fsp3) is 0.118. The highest BCUT2D eigenvalue weighted by molar-refractivity contribution is 7.91. The van der Waals surface area contributed by atoms with Crippen LogP contribution in [0.5, 0.6) is 0 Å². The van der Waals surface area contributed by atoms with Crippen LogP contribution < -0.4 is 5.32 Å². The predicted octanol–water partition coefficient (Wildman–Crippen LogP) is 3.21. The quantitative estimate of drug-likeness (QED) is 0.862. The van der Waals surface area contributed by atoms with Crippen LogP contribution in [0, 0.1) is 0 Å². The van der Waals surface area contributed by atoms with Crippen molar-refractivity contribution in [3.05, 3.63) is 66.7 Å². The van der Waals surface area contributed by atoms with Crippen LogP contribution in [0.25, 0.3) is 0 Å². The number of carbonyl (C=O) groups is 1. The molecule has 0 saturated heterocycles. The van der Waals surface area contributed by atoms with Crippen LogP contribution in [0.15, 0.2) is 71.0 Å². The van der Waals surface area contributed by atoms with E-state index in [1.807, 2.05) is 13.0 Å². The number of anilines is 1. The molecule has 22 heavy (non-hydrogen) atoms. The minimum atomic E-state index is -3.56. The summed E-state index contributed by atoms with van der Waals surface area (Å²) < 4.78 is 25.2. The lowest BCUT2D eigenvalue weighted by Gasteiger charge is -2.08. The highest BCUT2D eigenvalue weighted by Gasteiger charge is 2.17. The molecule has 0 atom stereocenters. The molecule has 0 aliphatic heterocycles.